The first-order valence-corrected chi connectivity index (χ1v) is 1.16. The van der Waals surface area contributed by atoms with Crippen LogP contribution in [0.5, 0.6) is 0 Å². The second kappa shape index (κ2) is 54.5. The molecule has 88 valence electrons. The topological polar surface area (TPSA) is 292 Å². The van der Waals surface area contributed by atoms with Crippen LogP contribution < -0.4 is 16.4 Å². The number of quaternary nitrogens is 1. The van der Waals surface area contributed by atoms with Gasteiger partial charge in [0, 0.05) is 0 Å². The van der Waals surface area contributed by atoms with Crippen LogP contribution >= 0.6 is 0 Å². The van der Waals surface area contributed by atoms with Gasteiger partial charge in [0.15, 0.2) is 0 Å². The predicted octanol–water partition coefficient (Wildman–Crippen LogP) is -5.99. The molecule has 0 unspecified atom stereocenters. The van der Waals surface area contributed by atoms with Crippen molar-refractivity contribution in [2.75, 3.05) is 0 Å². The number of rotatable bonds is 0. The van der Waals surface area contributed by atoms with Crippen molar-refractivity contribution < 1.29 is 42.0 Å². The minimum absolute atomic E-state index is 0. The predicted molar refractivity (Wildman–Crippen MR) is 42.0 cm³/mol. The van der Waals surface area contributed by atoms with E-state index in [1.165, 1.54) is 0 Å². The Morgan fingerprint density at radius 2 is 0.929 bits per heavy atom. The average Bonchev–Trinajstić information content (AvgIpc) is 1.25. The van der Waals surface area contributed by atoms with Crippen LogP contribution in [-0.4, -0.2) is 70.9 Å². The standard InChI is InChI=1S/CH2O3.Ca.NO3.H3N.4H2O/c2-1(3)4;;2-1(3)4;;;;;/h(H2,2,3,4);;;1H3;4*1H2/q;+2;-1;;;;;/p-1. The van der Waals surface area contributed by atoms with E-state index < -0.39 is 11.2 Å². The number of hydrogen-bond donors (Lipinski definition) is 1. The van der Waals surface area contributed by atoms with E-state index in [0.29, 0.717) is 0 Å². The molecular weight excluding hydrogens is 240 g/mol. The summed E-state index contributed by atoms with van der Waals surface area (Å²) in [6.07, 6.45) is -2.33. The Hall–Kier alpha value is -0.470. The van der Waals surface area contributed by atoms with Crippen molar-refractivity contribution in [1.29, 1.82) is 0 Å². The summed E-state index contributed by atoms with van der Waals surface area (Å²) in [4.78, 5) is 16.6. The summed E-state index contributed by atoms with van der Waals surface area (Å²) in [5.41, 5.74) is 0. The monoisotopic (exact) mass is 252 g/mol. The van der Waals surface area contributed by atoms with Crippen molar-refractivity contribution in [3.8, 4) is 0 Å². The van der Waals surface area contributed by atoms with Gasteiger partial charge in [0.25, 0.3) is 0 Å². The molecule has 13 heteroatoms. The van der Waals surface area contributed by atoms with Gasteiger partial charge in [-0.15, -0.1) is 0 Å². The summed E-state index contributed by atoms with van der Waals surface area (Å²) >= 11 is 0. The normalized spacial score (nSPS) is 3.43. The molecule has 0 amide bonds. The molecule has 0 aliphatic rings. The van der Waals surface area contributed by atoms with Crippen molar-refractivity contribution in [2.45, 2.75) is 0 Å². The maximum Gasteiger partial charge on any atom is 2.00 e. The zero-order chi connectivity index (χ0) is 7.15. The third kappa shape index (κ3) is 5780. The smallest absolute Gasteiger partial charge is 0.652 e. The van der Waals surface area contributed by atoms with Crippen LogP contribution in [0, 0.1) is 15.3 Å². The van der Waals surface area contributed by atoms with Crippen molar-refractivity contribution in [1.82, 2.24) is 6.15 Å². The Balaban J connectivity index is -0.00000000600. The van der Waals surface area contributed by atoms with Gasteiger partial charge < -0.3 is 58.4 Å². The molecule has 0 heterocycles. The van der Waals surface area contributed by atoms with E-state index >= 15 is 0 Å². The van der Waals surface area contributed by atoms with Gasteiger partial charge in [-0.2, -0.15) is 0 Å². The molecule has 0 aliphatic heterocycles. The van der Waals surface area contributed by atoms with Gasteiger partial charge in [-0.25, -0.2) is 0 Å². The van der Waals surface area contributed by atoms with Crippen LogP contribution in [0.25, 0.3) is 0 Å². The Kier molecular flexibility index (Phi) is 270. The maximum absolute atomic E-state index is 8.33. The molecule has 0 atom stereocenters. The number of carbonyl (C=O) groups excluding carboxylic acids is 1. The summed E-state index contributed by atoms with van der Waals surface area (Å²) in [5.74, 6) is 0. The SMILES string of the molecule is O.O.O.O.O=C([O-])[O-].O=[N+]([O-])[O-].[Ca+2].[NH4+]. The van der Waals surface area contributed by atoms with Crippen LogP contribution in [-0.2, 0) is 0 Å². The first-order chi connectivity index (χ1) is 3.46. The molecule has 0 aromatic rings. The third-order valence-corrected chi connectivity index (χ3v) is 0. The first-order valence-electron chi connectivity index (χ1n) is 1.16. The molecule has 0 radical (unpaired) electrons. The second-order valence-corrected chi connectivity index (χ2v) is 0.474. The van der Waals surface area contributed by atoms with Gasteiger partial charge in [0.05, 0.1) is 5.09 Å². The summed E-state index contributed by atoms with van der Waals surface area (Å²) in [6, 6.07) is 0. The number of carbonyl (C=O) groups is 1. The van der Waals surface area contributed by atoms with Crippen molar-refractivity contribution in [3.05, 3.63) is 15.3 Å². The molecule has 0 saturated heterocycles. The fourth-order valence-electron chi connectivity index (χ4n) is 0. The minimum atomic E-state index is -2.33. The van der Waals surface area contributed by atoms with E-state index in [-0.39, 0.29) is 65.8 Å². The van der Waals surface area contributed by atoms with E-state index in [9.17, 15) is 0 Å². The van der Waals surface area contributed by atoms with Crippen molar-refractivity contribution in [3.63, 3.8) is 0 Å². The first kappa shape index (κ1) is 69.5. The molecule has 0 saturated carbocycles. The zero-order valence-corrected chi connectivity index (χ0v) is 9.31. The Morgan fingerprint density at radius 3 is 0.929 bits per heavy atom. The van der Waals surface area contributed by atoms with E-state index in [1.54, 1.807) is 0 Å². The van der Waals surface area contributed by atoms with Gasteiger partial charge in [-0.1, -0.05) is 0 Å². The van der Waals surface area contributed by atoms with E-state index in [2.05, 4.69) is 0 Å². The van der Waals surface area contributed by atoms with Gasteiger partial charge in [0.2, 0.25) is 0 Å². The van der Waals surface area contributed by atoms with Gasteiger partial charge in [-0.05, 0) is 6.16 Å². The molecule has 0 spiro atoms. The van der Waals surface area contributed by atoms with Crippen LogP contribution in [0.15, 0.2) is 0 Å². The molecule has 0 bridgehead atoms. The fraction of sp³-hybridized carbons (Fsp3) is 0. The molecule has 0 aromatic heterocycles. The molecule has 14 heavy (non-hydrogen) atoms. The summed E-state index contributed by atoms with van der Waals surface area (Å²) < 4.78 is 0. The van der Waals surface area contributed by atoms with Gasteiger partial charge in [0.1, 0.15) is 0 Å². The Labute approximate surface area is 107 Å². The zero-order valence-electron chi connectivity index (χ0n) is 7.10. The number of nitrogens with zero attached hydrogens (tertiary/aromatic N) is 1. The third-order valence-electron chi connectivity index (χ3n) is 0. The number of carboxylic acid groups (broad SMARTS) is 2. The van der Waals surface area contributed by atoms with Gasteiger partial charge >= 0.3 is 37.7 Å². The molecule has 0 rings (SSSR count). The summed E-state index contributed by atoms with van der Waals surface area (Å²) in [6.45, 7) is 0. The number of hydrogen-bond acceptors (Lipinski definition) is 6. The van der Waals surface area contributed by atoms with Crippen molar-refractivity contribution in [2.24, 2.45) is 0 Å². The van der Waals surface area contributed by atoms with E-state index in [1.807, 2.05) is 0 Å². The van der Waals surface area contributed by atoms with Crippen LogP contribution in [0.2, 0.25) is 0 Å². The fourth-order valence-corrected chi connectivity index (χ4v) is 0. The Morgan fingerprint density at radius 1 is 0.929 bits per heavy atom. The quantitative estimate of drug-likeness (QED) is 0.248. The molecular formula is CH12CaN2O10. The maximum atomic E-state index is 8.33. The van der Waals surface area contributed by atoms with Gasteiger partial charge in [-0.3, -0.25) is 0 Å². The molecule has 12 nitrogen and oxygen atoms in total. The molecule has 0 aromatic carbocycles. The average molecular weight is 252 g/mol. The molecule has 0 fully saturated rings. The van der Waals surface area contributed by atoms with Crippen molar-refractivity contribution >= 4 is 43.9 Å². The molecule has 0 aliphatic carbocycles. The molecule has 12 N–H and O–H groups in total. The second-order valence-electron chi connectivity index (χ2n) is 0.474. The summed E-state index contributed by atoms with van der Waals surface area (Å²) in [7, 11) is 0. The Bertz CT molecular complexity index is 76.1. The largest absolute Gasteiger partial charge is 2.00 e. The van der Waals surface area contributed by atoms with E-state index in [4.69, 9.17) is 30.3 Å². The van der Waals surface area contributed by atoms with Crippen LogP contribution in [0.1, 0.15) is 0 Å². The van der Waals surface area contributed by atoms with E-state index in [0.717, 1.165) is 0 Å². The summed E-state index contributed by atoms with van der Waals surface area (Å²) in [5, 5.41) is 31.4. The van der Waals surface area contributed by atoms with Crippen LogP contribution in [0.4, 0.5) is 4.79 Å². The minimum Gasteiger partial charge on any atom is -0.652 e. The van der Waals surface area contributed by atoms with Crippen LogP contribution in [0.3, 0.4) is 0 Å².